The Bertz CT molecular complexity index is 871. The van der Waals surface area contributed by atoms with Gasteiger partial charge in [0.25, 0.3) is 5.91 Å². The highest BCUT2D eigenvalue weighted by Crippen LogP contribution is 2.14. The van der Waals surface area contributed by atoms with Gasteiger partial charge in [-0.05, 0) is 61.6 Å². The van der Waals surface area contributed by atoms with Crippen molar-refractivity contribution in [2.75, 3.05) is 18.4 Å². The van der Waals surface area contributed by atoms with Gasteiger partial charge in [0.2, 0.25) is 11.8 Å². The maximum absolute atomic E-state index is 12.5. The number of amides is 3. The topological polar surface area (TPSA) is 78.5 Å². The van der Waals surface area contributed by atoms with Crippen LogP contribution in [0, 0.1) is 6.92 Å². The summed E-state index contributed by atoms with van der Waals surface area (Å²) in [5, 5.41) is 5.46. The average Bonchev–Trinajstić information content (AvgIpc) is 2.72. The Balaban J connectivity index is 1.45. The predicted octanol–water partition coefficient (Wildman–Crippen LogP) is 3.27. The van der Waals surface area contributed by atoms with Gasteiger partial charge in [-0.2, -0.15) is 0 Å². The molecule has 0 saturated carbocycles. The first-order chi connectivity index (χ1) is 14.0. The van der Waals surface area contributed by atoms with E-state index < -0.39 is 0 Å². The fourth-order valence-corrected chi connectivity index (χ4v) is 3.38. The molecular formula is C23H27N3O3. The van der Waals surface area contributed by atoms with Crippen LogP contribution in [-0.2, 0) is 16.1 Å². The summed E-state index contributed by atoms with van der Waals surface area (Å²) in [6.45, 7) is 3.89. The second kappa shape index (κ2) is 9.87. The van der Waals surface area contributed by atoms with E-state index in [1.165, 1.54) is 6.42 Å². The van der Waals surface area contributed by atoms with Gasteiger partial charge in [-0.15, -0.1) is 0 Å². The van der Waals surface area contributed by atoms with Crippen molar-refractivity contribution in [2.45, 2.75) is 39.2 Å². The van der Waals surface area contributed by atoms with E-state index in [9.17, 15) is 14.4 Å². The van der Waals surface area contributed by atoms with Gasteiger partial charge in [0.15, 0.2) is 0 Å². The lowest BCUT2D eigenvalue weighted by atomic mass is 10.1. The van der Waals surface area contributed by atoms with Crippen LogP contribution >= 0.6 is 0 Å². The van der Waals surface area contributed by atoms with Crippen molar-refractivity contribution in [1.29, 1.82) is 0 Å². The predicted molar refractivity (Wildman–Crippen MR) is 112 cm³/mol. The van der Waals surface area contributed by atoms with Gasteiger partial charge >= 0.3 is 0 Å². The van der Waals surface area contributed by atoms with Crippen molar-refractivity contribution < 1.29 is 14.4 Å². The van der Waals surface area contributed by atoms with E-state index >= 15 is 0 Å². The van der Waals surface area contributed by atoms with Crippen molar-refractivity contribution in [1.82, 2.24) is 10.2 Å². The molecule has 152 valence electrons. The molecule has 0 aromatic heterocycles. The summed E-state index contributed by atoms with van der Waals surface area (Å²) in [5.41, 5.74) is 3.26. The monoisotopic (exact) mass is 393 g/mol. The number of benzene rings is 2. The van der Waals surface area contributed by atoms with Gasteiger partial charge in [-0.1, -0.05) is 24.3 Å². The van der Waals surface area contributed by atoms with Crippen molar-refractivity contribution >= 4 is 23.4 Å². The Morgan fingerprint density at radius 1 is 0.931 bits per heavy atom. The van der Waals surface area contributed by atoms with Crippen LogP contribution in [0.15, 0.2) is 48.5 Å². The van der Waals surface area contributed by atoms with E-state index in [2.05, 4.69) is 10.6 Å². The van der Waals surface area contributed by atoms with E-state index in [0.717, 1.165) is 37.1 Å². The molecule has 29 heavy (non-hydrogen) atoms. The molecule has 2 N–H and O–H groups in total. The first-order valence-corrected chi connectivity index (χ1v) is 10.0. The maximum atomic E-state index is 12.5. The standard InChI is InChI=1S/C23H27N3O3/c1-17-6-5-7-20(14-17)25-22(28)15-21(27)24-16-18-8-10-19(11-9-18)23(29)26-12-3-2-4-13-26/h5-11,14H,2-4,12-13,15-16H2,1H3,(H,24,27)(H,25,28). The first-order valence-electron chi connectivity index (χ1n) is 10.0. The van der Waals surface area contributed by atoms with Crippen LogP contribution in [0.5, 0.6) is 0 Å². The number of carbonyl (C=O) groups is 3. The number of aryl methyl sites for hydroxylation is 1. The molecule has 0 spiro atoms. The second-order valence-electron chi connectivity index (χ2n) is 7.42. The lowest BCUT2D eigenvalue weighted by molar-refractivity contribution is -0.126. The minimum absolute atomic E-state index is 0.0631. The Morgan fingerprint density at radius 2 is 1.66 bits per heavy atom. The molecule has 1 aliphatic heterocycles. The van der Waals surface area contributed by atoms with Gasteiger partial charge in [-0.3, -0.25) is 14.4 Å². The summed E-state index contributed by atoms with van der Waals surface area (Å²) in [7, 11) is 0. The van der Waals surface area contributed by atoms with Crippen LogP contribution in [0.1, 0.15) is 47.2 Å². The molecule has 1 fully saturated rings. The number of anilines is 1. The van der Waals surface area contributed by atoms with Gasteiger partial charge < -0.3 is 15.5 Å². The van der Waals surface area contributed by atoms with Gasteiger partial charge in [0.1, 0.15) is 6.42 Å². The van der Waals surface area contributed by atoms with Crippen molar-refractivity contribution in [3.8, 4) is 0 Å². The molecule has 6 nitrogen and oxygen atoms in total. The van der Waals surface area contributed by atoms with Gasteiger partial charge in [-0.25, -0.2) is 0 Å². The van der Waals surface area contributed by atoms with Crippen LogP contribution in [0.2, 0.25) is 0 Å². The summed E-state index contributed by atoms with van der Waals surface area (Å²) in [4.78, 5) is 38.4. The lowest BCUT2D eigenvalue weighted by Gasteiger charge is -2.26. The molecule has 2 aromatic rings. The minimum atomic E-state index is -0.351. The Labute approximate surface area is 171 Å². The molecule has 1 aliphatic rings. The molecule has 0 radical (unpaired) electrons. The normalized spacial score (nSPS) is 13.6. The fraction of sp³-hybridized carbons (Fsp3) is 0.348. The molecule has 3 rings (SSSR count). The zero-order valence-electron chi connectivity index (χ0n) is 16.7. The van der Waals surface area contributed by atoms with Gasteiger partial charge in [0, 0.05) is 30.9 Å². The van der Waals surface area contributed by atoms with Crippen LogP contribution in [-0.4, -0.2) is 35.7 Å². The molecule has 0 aliphatic carbocycles. The summed E-state index contributed by atoms with van der Waals surface area (Å²) in [6.07, 6.45) is 3.07. The summed E-state index contributed by atoms with van der Waals surface area (Å²) in [5.74, 6) is -0.632. The van der Waals surface area contributed by atoms with E-state index in [4.69, 9.17) is 0 Å². The van der Waals surface area contributed by atoms with Crippen molar-refractivity contribution in [3.05, 3.63) is 65.2 Å². The Hall–Kier alpha value is -3.15. The number of nitrogens with one attached hydrogen (secondary N) is 2. The molecular weight excluding hydrogens is 366 g/mol. The highest BCUT2D eigenvalue weighted by molar-refractivity contribution is 6.03. The van der Waals surface area contributed by atoms with Crippen LogP contribution in [0.25, 0.3) is 0 Å². The summed E-state index contributed by atoms with van der Waals surface area (Å²) in [6, 6.07) is 14.7. The summed E-state index contributed by atoms with van der Waals surface area (Å²) >= 11 is 0. The molecule has 2 aromatic carbocycles. The second-order valence-corrected chi connectivity index (χ2v) is 7.42. The molecule has 0 bridgehead atoms. The number of likely N-dealkylation sites (tertiary alicyclic amines) is 1. The maximum Gasteiger partial charge on any atom is 0.253 e. The number of hydrogen-bond donors (Lipinski definition) is 2. The number of rotatable bonds is 6. The number of carbonyl (C=O) groups excluding carboxylic acids is 3. The third kappa shape index (κ3) is 6.17. The number of nitrogens with zero attached hydrogens (tertiary/aromatic N) is 1. The average molecular weight is 393 g/mol. The van der Waals surface area contributed by atoms with E-state index in [0.29, 0.717) is 17.8 Å². The first kappa shape index (κ1) is 20.6. The SMILES string of the molecule is Cc1cccc(NC(=O)CC(=O)NCc2ccc(C(=O)N3CCCCC3)cc2)c1. The fourth-order valence-electron chi connectivity index (χ4n) is 3.38. The third-order valence-corrected chi connectivity index (χ3v) is 4.96. The zero-order valence-corrected chi connectivity index (χ0v) is 16.7. The lowest BCUT2D eigenvalue weighted by Crippen LogP contribution is -2.35. The van der Waals surface area contributed by atoms with Gasteiger partial charge in [0.05, 0.1) is 0 Å². The molecule has 1 heterocycles. The molecule has 1 saturated heterocycles. The smallest absolute Gasteiger partial charge is 0.253 e. The Kier molecular flexibility index (Phi) is 7.00. The zero-order chi connectivity index (χ0) is 20.6. The molecule has 0 atom stereocenters. The highest BCUT2D eigenvalue weighted by atomic mass is 16.2. The molecule has 6 heteroatoms. The van der Waals surface area contributed by atoms with Crippen molar-refractivity contribution in [2.24, 2.45) is 0 Å². The highest BCUT2D eigenvalue weighted by Gasteiger charge is 2.18. The van der Waals surface area contributed by atoms with E-state index in [-0.39, 0.29) is 24.1 Å². The Morgan fingerprint density at radius 3 is 2.34 bits per heavy atom. The van der Waals surface area contributed by atoms with E-state index in [1.807, 2.05) is 42.2 Å². The quantitative estimate of drug-likeness (QED) is 0.740. The number of hydrogen-bond acceptors (Lipinski definition) is 3. The number of piperidine rings is 1. The van der Waals surface area contributed by atoms with Crippen molar-refractivity contribution in [3.63, 3.8) is 0 Å². The van der Waals surface area contributed by atoms with E-state index in [1.54, 1.807) is 18.2 Å². The van der Waals surface area contributed by atoms with Crippen LogP contribution in [0.3, 0.4) is 0 Å². The van der Waals surface area contributed by atoms with Crippen LogP contribution < -0.4 is 10.6 Å². The molecule has 3 amide bonds. The summed E-state index contributed by atoms with van der Waals surface area (Å²) < 4.78 is 0. The molecule has 0 unspecified atom stereocenters. The third-order valence-electron chi connectivity index (χ3n) is 4.96. The minimum Gasteiger partial charge on any atom is -0.352 e. The van der Waals surface area contributed by atoms with Crippen LogP contribution in [0.4, 0.5) is 5.69 Å². The largest absolute Gasteiger partial charge is 0.352 e.